The van der Waals surface area contributed by atoms with Crippen LogP contribution in [0.15, 0.2) is 55.8 Å². The van der Waals surface area contributed by atoms with Gasteiger partial charge in [0.05, 0.1) is 16.6 Å². The number of hydrogen-bond donors (Lipinski definition) is 1. The molecule has 13 heteroatoms. The number of likely N-dealkylation sites (tertiary alicyclic amines) is 1. The number of piperidine rings is 1. The smallest absolute Gasteiger partial charge is 0.294 e. The molecule has 4 aromatic heterocycles. The Hall–Kier alpha value is -4.32. The number of fused-ring (bicyclic) bond motifs is 1. The van der Waals surface area contributed by atoms with Crippen molar-refractivity contribution < 1.29 is 18.4 Å². The molecule has 5 heterocycles. The summed E-state index contributed by atoms with van der Waals surface area (Å²) in [4.78, 5) is 43.3. The standard InChI is InChI=1S/C28H27ClF2N8O2/c1-3-8-28(30,31)18-7-9-33-22(11-18)36-27(41)26-34-12-17(13-35-26)24-20-14-32-15-21(29)25(20)39(37-24)19-6-5-10-38(16-19)23(40)4-2/h4,7,9,11-15,19H,2-3,5-6,8,10,16H2,1H3,(H,33,36,41). The van der Waals surface area contributed by atoms with E-state index in [4.69, 9.17) is 16.7 Å². The number of amides is 2. The van der Waals surface area contributed by atoms with Gasteiger partial charge in [-0.25, -0.2) is 23.7 Å². The minimum atomic E-state index is -3.03. The molecular weight excluding hydrogens is 554 g/mol. The van der Waals surface area contributed by atoms with Crippen LogP contribution in [0.2, 0.25) is 5.02 Å². The topological polar surface area (TPSA) is 119 Å². The number of aromatic nitrogens is 6. The highest BCUT2D eigenvalue weighted by atomic mass is 35.5. The molecule has 1 fully saturated rings. The van der Waals surface area contributed by atoms with Crippen LogP contribution in [0, 0.1) is 0 Å². The molecule has 10 nitrogen and oxygen atoms in total. The number of rotatable bonds is 8. The quantitative estimate of drug-likeness (QED) is 0.276. The molecule has 0 aromatic carbocycles. The molecule has 1 N–H and O–H groups in total. The zero-order valence-electron chi connectivity index (χ0n) is 22.2. The van der Waals surface area contributed by atoms with Crippen LogP contribution in [-0.2, 0) is 10.7 Å². The van der Waals surface area contributed by atoms with Gasteiger partial charge in [0.1, 0.15) is 11.5 Å². The first-order valence-electron chi connectivity index (χ1n) is 13.1. The van der Waals surface area contributed by atoms with E-state index < -0.39 is 11.8 Å². The molecule has 1 aliphatic rings. The third kappa shape index (κ3) is 5.78. The summed E-state index contributed by atoms with van der Waals surface area (Å²) in [6.45, 7) is 6.35. The minimum absolute atomic E-state index is 0.0298. The van der Waals surface area contributed by atoms with Crippen LogP contribution in [0.3, 0.4) is 0 Å². The molecule has 0 spiro atoms. The third-order valence-corrected chi connectivity index (χ3v) is 7.19. The summed E-state index contributed by atoms with van der Waals surface area (Å²) in [5.74, 6) is -4.08. The van der Waals surface area contributed by atoms with E-state index in [9.17, 15) is 18.4 Å². The molecule has 5 rings (SSSR count). The molecule has 1 aliphatic heterocycles. The zero-order valence-corrected chi connectivity index (χ0v) is 23.0. The maximum absolute atomic E-state index is 14.3. The van der Waals surface area contributed by atoms with E-state index in [0.29, 0.717) is 46.7 Å². The van der Waals surface area contributed by atoms with Gasteiger partial charge >= 0.3 is 0 Å². The highest BCUT2D eigenvalue weighted by Gasteiger charge is 2.31. The third-order valence-electron chi connectivity index (χ3n) is 6.91. The van der Waals surface area contributed by atoms with Crippen LogP contribution in [0.4, 0.5) is 14.6 Å². The fourth-order valence-electron chi connectivity index (χ4n) is 4.93. The number of nitrogens with one attached hydrogen (secondary N) is 1. The highest BCUT2D eigenvalue weighted by Crippen LogP contribution is 2.35. The number of nitrogens with zero attached hydrogens (tertiary/aromatic N) is 7. The molecule has 1 unspecified atom stereocenters. The van der Waals surface area contributed by atoms with Crippen molar-refractivity contribution in [1.82, 2.24) is 34.6 Å². The van der Waals surface area contributed by atoms with Crippen molar-refractivity contribution in [3.05, 3.63) is 72.2 Å². The molecule has 0 saturated carbocycles. The first-order valence-corrected chi connectivity index (χ1v) is 13.5. The van der Waals surface area contributed by atoms with E-state index in [0.717, 1.165) is 18.9 Å². The van der Waals surface area contributed by atoms with Gasteiger partial charge in [0.2, 0.25) is 11.7 Å². The molecule has 212 valence electrons. The number of pyridine rings is 2. The number of anilines is 1. The first kappa shape index (κ1) is 28.2. The maximum atomic E-state index is 14.3. The van der Waals surface area contributed by atoms with Gasteiger partial charge in [0, 0.05) is 67.0 Å². The Morgan fingerprint density at radius 3 is 2.73 bits per heavy atom. The number of hydrogen-bond acceptors (Lipinski definition) is 7. The Morgan fingerprint density at radius 2 is 2.00 bits per heavy atom. The van der Waals surface area contributed by atoms with Crippen LogP contribution in [-0.4, -0.2) is 59.5 Å². The van der Waals surface area contributed by atoms with E-state index in [2.05, 4.69) is 31.8 Å². The predicted molar refractivity (Wildman–Crippen MR) is 150 cm³/mol. The molecule has 0 bridgehead atoms. The SMILES string of the molecule is C=CC(=O)N1CCCC(n2nc(-c3cnc(C(=O)Nc4cc(C(F)(F)CCC)ccn4)nc3)c3cncc(Cl)c32)C1. The Balaban J connectivity index is 1.40. The molecular formula is C28H27ClF2N8O2. The largest absolute Gasteiger partial charge is 0.337 e. The second-order valence-electron chi connectivity index (χ2n) is 9.73. The van der Waals surface area contributed by atoms with E-state index in [1.165, 1.54) is 36.9 Å². The fraction of sp³-hybridized carbons (Fsp3) is 0.321. The molecule has 2 amide bonds. The summed E-state index contributed by atoms with van der Waals surface area (Å²) in [5.41, 5.74) is 1.47. The van der Waals surface area contributed by atoms with Gasteiger partial charge in [-0.2, -0.15) is 5.10 Å². The Morgan fingerprint density at radius 1 is 1.22 bits per heavy atom. The average Bonchev–Trinajstić information content (AvgIpc) is 3.38. The van der Waals surface area contributed by atoms with Gasteiger partial charge in [-0.05, 0) is 31.1 Å². The molecule has 0 aliphatic carbocycles. The van der Waals surface area contributed by atoms with Crippen LogP contribution < -0.4 is 5.32 Å². The van der Waals surface area contributed by atoms with Gasteiger partial charge in [0.15, 0.2) is 0 Å². The summed E-state index contributed by atoms with van der Waals surface area (Å²) < 4.78 is 30.5. The number of alkyl halides is 2. The average molecular weight is 581 g/mol. The highest BCUT2D eigenvalue weighted by molar-refractivity contribution is 6.35. The lowest BCUT2D eigenvalue weighted by molar-refractivity contribution is -0.127. The van der Waals surface area contributed by atoms with Gasteiger partial charge in [-0.15, -0.1) is 0 Å². The molecule has 1 atom stereocenters. The predicted octanol–water partition coefficient (Wildman–Crippen LogP) is 5.43. The van der Waals surface area contributed by atoms with Gasteiger partial charge < -0.3 is 10.2 Å². The lowest BCUT2D eigenvalue weighted by Crippen LogP contribution is -2.40. The summed E-state index contributed by atoms with van der Waals surface area (Å²) in [5, 5.41) is 8.37. The zero-order chi connectivity index (χ0) is 29.1. The Bertz CT molecular complexity index is 1610. The Kier molecular flexibility index (Phi) is 8.02. The molecule has 1 saturated heterocycles. The van der Waals surface area contributed by atoms with Crippen LogP contribution >= 0.6 is 11.6 Å². The summed E-state index contributed by atoms with van der Waals surface area (Å²) in [7, 11) is 0. The first-order chi connectivity index (χ1) is 19.7. The number of halogens is 3. The van der Waals surface area contributed by atoms with Gasteiger partial charge in [0.25, 0.3) is 11.8 Å². The normalized spacial score (nSPS) is 15.6. The number of carbonyl (C=O) groups is 2. The van der Waals surface area contributed by atoms with Gasteiger partial charge in [-0.1, -0.05) is 31.5 Å². The lowest BCUT2D eigenvalue weighted by Gasteiger charge is -2.32. The summed E-state index contributed by atoms with van der Waals surface area (Å²) in [6, 6.07) is 2.25. The van der Waals surface area contributed by atoms with Crippen molar-refractivity contribution in [2.24, 2.45) is 0 Å². The fourth-order valence-corrected chi connectivity index (χ4v) is 5.18. The summed E-state index contributed by atoms with van der Waals surface area (Å²) in [6.07, 6.45) is 10.2. The van der Waals surface area contributed by atoms with Crippen molar-refractivity contribution in [2.45, 2.75) is 44.6 Å². The van der Waals surface area contributed by atoms with E-state index in [-0.39, 0.29) is 35.6 Å². The van der Waals surface area contributed by atoms with Gasteiger partial charge in [-0.3, -0.25) is 19.3 Å². The van der Waals surface area contributed by atoms with E-state index in [1.807, 2.05) is 4.68 Å². The van der Waals surface area contributed by atoms with Crippen LogP contribution in [0.1, 0.15) is 54.8 Å². The van der Waals surface area contributed by atoms with Crippen LogP contribution in [0.5, 0.6) is 0 Å². The second kappa shape index (κ2) is 11.7. The van der Waals surface area contributed by atoms with Crippen molar-refractivity contribution in [3.63, 3.8) is 0 Å². The monoisotopic (exact) mass is 580 g/mol. The molecule has 41 heavy (non-hydrogen) atoms. The number of carbonyl (C=O) groups excluding carboxylic acids is 2. The molecule has 0 radical (unpaired) electrons. The maximum Gasteiger partial charge on any atom is 0.294 e. The molecule has 4 aromatic rings. The lowest BCUT2D eigenvalue weighted by atomic mass is 10.1. The van der Waals surface area contributed by atoms with Crippen LogP contribution in [0.25, 0.3) is 22.2 Å². The minimum Gasteiger partial charge on any atom is -0.337 e. The van der Waals surface area contributed by atoms with Crippen molar-refractivity contribution >= 4 is 40.1 Å². The second-order valence-corrected chi connectivity index (χ2v) is 10.1. The van der Waals surface area contributed by atoms with Crippen molar-refractivity contribution in [3.8, 4) is 11.3 Å². The van der Waals surface area contributed by atoms with E-state index >= 15 is 0 Å². The Labute approximate surface area is 239 Å². The van der Waals surface area contributed by atoms with Crippen molar-refractivity contribution in [2.75, 3.05) is 18.4 Å². The van der Waals surface area contributed by atoms with E-state index in [1.54, 1.807) is 18.0 Å². The van der Waals surface area contributed by atoms with Crippen molar-refractivity contribution in [1.29, 1.82) is 0 Å². The summed E-state index contributed by atoms with van der Waals surface area (Å²) >= 11 is 6.55.